The van der Waals surface area contributed by atoms with Crippen molar-refractivity contribution < 1.29 is 4.42 Å². The van der Waals surface area contributed by atoms with Crippen LogP contribution in [0.2, 0.25) is 0 Å². The van der Waals surface area contributed by atoms with Crippen molar-refractivity contribution in [3.05, 3.63) is 170 Å². The van der Waals surface area contributed by atoms with Gasteiger partial charge >= 0.3 is 0 Å². The highest BCUT2D eigenvalue weighted by molar-refractivity contribution is 7.26. The number of hydrogen-bond donors (Lipinski definition) is 0. The van der Waals surface area contributed by atoms with Crippen LogP contribution in [0.15, 0.2) is 174 Å². The summed E-state index contributed by atoms with van der Waals surface area (Å²) in [6.07, 6.45) is 0. The van der Waals surface area contributed by atoms with E-state index in [-0.39, 0.29) is 0 Å². The van der Waals surface area contributed by atoms with Gasteiger partial charge in [-0.2, -0.15) is 0 Å². The molecule has 10 rings (SSSR count). The van der Waals surface area contributed by atoms with E-state index < -0.39 is 0 Å². The molecule has 0 atom stereocenters. The number of thiophene rings is 1. The molecule has 0 fully saturated rings. The van der Waals surface area contributed by atoms with E-state index in [2.05, 4.69) is 103 Å². The van der Waals surface area contributed by atoms with Gasteiger partial charge in [-0.15, -0.1) is 11.3 Å². The van der Waals surface area contributed by atoms with Gasteiger partial charge in [0.2, 0.25) is 5.89 Å². The van der Waals surface area contributed by atoms with E-state index in [1.165, 1.54) is 15.0 Å². The van der Waals surface area contributed by atoms with Gasteiger partial charge < -0.3 is 4.42 Å². The largest absolute Gasteiger partial charge is 0.436 e. The molecular formula is C46H28N4OS. The van der Waals surface area contributed by atoms with Crippen LogP contribution < -0.4 is 0 Å². The number of para-hydroxylation sites is 2. The van der Waals surface area contributed by atoms with Crippen LogP contribution in [0.3, 0.4) is 0 Å². The number of aromatic nitrogens is 4. The molecular weight excluding hydrogens is 657 g/mol. The molecule has 0 saturated heterocycles. The number of rotatable bonds is 6. The van der Waals surface area contributed by atoms with E-state index in [9.17, 15) is 0 Å². The maximum Gasteiger partial charge on any atom is 0.227 e. The number of oxazole rings is 1. The fourth-order valence-electron chi connectivity index (χ4n) is 6.80. The molecule has 3 heterocycles. The van der Waals surface area contributed by atoms with E-state index in [0.29, 0.717) is 23.4 Å². The van der Waals surface area contributed by atoms with Crippen molar-refractivity contribution in [1.29, 1.82) is 0 Å². The van der Waals surface area contributed by atoms with Gasteiger partial charge in [0, 0.05) is 42.4 Å². The Hall–Kier alpha value is -6.76. The summed E-state index contributed by atoms with van der Waals surface area (Å²) >= 11 is 1.78. The maximum absolute atomic E-state index is 6.11. The molecule has 5 nitrogen and oxygen atoms in total. The number of hydrogen-bond acceptors (Lipinski definition) is 6. The summed E-state index contributed by atoms with van der Waals surface area (Å²) in [5.41, 5.74) is 9.93. The lowest BCUT2D eigenvalue weighted by atomic mass is 9.99. The molecule has 0 radical (unpaired) electrons. The van der Waals surface area contributed by atoms with Crippen molar-refractivity contribution in [2.75, 3.05) is 0 Å². The van der Waals surface area contributed by atoms with Crippen molar-refractivity contribution >= 4 is 42.6 Å². The van der Waals surface area contributed by atoms with Crippen LogP contribution in [-0.4, -0.2) is 19.9 Å². The first-order valence-corrected chi connectivity index (χ1v) is 17.9. The average molecular weight is 685 g/mol. The summed E-state index contributed by atoms with van der Waals surface area (Å²) in [6.45, 7) is 0. The molecule has 0 spiro atoms. The number of nitrogens with zero attached hydrogens (tertiary/aromatic N) is 4. The van der Waals surface area contributed by atoms with Gasteiger partial charge in [-0.05, 0) is 64.7 Å². The van der Waals surface area contributed by atoms with Crippen molar-refractivity contribution in [2.45, 2.75) is 0 Å². The minimum absolute atomic E-state index is 0.613. The van der Waals surface area contributed by atoms with E-state index in [1.54, 1.807) is 11.3 Å². The fraction of sp³-hybridized carbons (Fsp3) is 0. The Balaban J connectivity index is 1.10. The van der Waals surface area contributed by atoms with E-state index >= 15 is 0 Å². The fourth-order valence-corrected chi connectivity index (χ4v) is 7.92. The van der Waals surface area contributed by atoms with Gasteiger partial charge in [0.1, 0.15) is 5.52 Å². The molecule has 6 heteroatoms. The van der Waals surface area contributed by atoms with Crippen LogP contribution in [0.4, 0.5) is 0 Å². The molecule has 0 saturated carbocycles. The first-order valence-electron chi connectivity index (χ1n) is 17.1. The molecule has 52 heavy (non-hydrogen) atoms. The third-order valence-electron chi connectivity index (χ3n) is 9.39. The normalized spacial score (nSPS) is 11.5. The van der Waals surface area contributed by atoms with Gasteiger partial charge in [-0.25, -0.2) is 19.9 Å². The lowest BCUT2D eigenvalue weighted by Crippen LogP contribution is -2.00. The molecule has 3 aromatic heterocycles. The Morgan fingerprint density at radius 3 is 1.75 bits per heavy atom. The highest BCUT2D eigenvalue weighted by Gasteiger charge is 2.18. The molecule has 0 N–H and O–H groups in total. The van der Waals surface area contributed by atoms with E-state index in [1.807, 2.05) is 66.7 Å². The molecule has 0 amide bonds. The van der Waals surface area contributed by atoms with Crippen LogP contribution in [0.25, 0.3) is 99.1 Å². The molecule has 0 aliphatic heterocycles. The lowest BCUT2D eigenvalue weighted by Gasteiger charge is -2.10. The summed E-state index contributed by atoms with van der Waals surface area (Å²) in [5, 5.41) is 2.30. The van der Waals surface area contributed by atoms with Crippen LogP contribution in [-0.2, 0) is 0 Å². The van der Waals surface area contributed by atoms with E-state index in [4.69, 9.17) is 24.4 Å². The highest BCUT2D eigenvalue weighted by Crippen LogP contribution is 2.42. The third kappa shape index (κ3) is 5.43. The van der Waals surface area contributed by atoms with Gasteiger partial charge in [0.15, 0.2) is 23.1 Å². The lowest BCUT2D eigenvalue weighted by molar-refractivity contribution is 0.620. The monoisotopic (exact) mass is 684 g/mol. The standard InChI is InChI=1S/C46H28N4OS/c1-3-11-29(12-4-1)30-21-23-32(24-22-30)44-48-43(31-13-5-2-6-14-31)49-45(50-44)36-17-10-20-41-42(36)37-28-34(25-26-40(37)52-41)33-15-9-16-35(27-33)46-47-38-18-7-8-19-39(38)51-46/h1-28H. The SMILES string of the molecule is c1ccc(-c2ccc(-c3nc(-c4ccccc4)nc(-c4cccc5sc6ccc(-c7cccc(-c8nc9ccccc9o8)c7)cc6c45)n3)cc2)cc1. The average Bonchev–Trinajstić information content (AvgIpc) is 3.83. The van der Waals surface area contributed by atoms with Crippen molar-refractivity contribution in [1.82, 2.24) is 19.9 Å². The molecule has 10 aromatic rings. The predicted molar refractivity (Wildman–Crippen MR) is 213 cm³/mol. The smallest absolute Gasteiger partial charge is 0.227 e. The third-order valence-corrected chi connectivity index (χ3v) is 10.5. The Morgan fingerprint density at radius 1 is 0.385 bits per heavy atom. The maximum atomic E-state index is 6.11. The van der Waals surface area contributed by atoms with Crippen LogP contribution in [0.5, 0.6) is 0 Å². The first kappa shape index (κ1) is 30.1. The van der Waals surface area contributed by atoms with Crippen molar-refractivity contribution in [2.24, 2.45) is 0 Å². The van der Waals surface area contributed by atoms with Gasteiger partial charge in [-0.1, -0.05) is 127 Å². The van der Waals surface area contributed by atoms with Gasteiger partial charge in [-0.3, -0.25) is 0 Å². The number of benzene rings is 7. The minimum atomic E-state index is 0.613. The summed E-state index contributed by atoms with van der Waals surface area (Å²) in [5.74, 6) is 2.53. The van der Waals surface area contributed by atoms with Crippen LogP contribution in [0.1, 0.15) is 0 Å². The Morgan fingerprint density at radius 2 is 0.962 bits per heavy atom. The molecule has 244 valence electrons. The quantitative estimate of drug-likeness (QED) is 0.174. The number of fused-ring (bicyclic) bond motifs is 4. The highest BCUT2D eigenvalue weighted by atomic mass is 32.1. The Bertz CT molecular complexity index is 2860. The summed E-state index contributed by atoms with van der Waals surface area (Å²) < 4.78 is 8.49. The second-order valence-electron chi connectivity index (χ2n) is 12.7. The second kappa shape index (κ2) is 12.5. The topological polar surface area (TPSA) is 64.7 Å². The predicted octanol–water partition coefficient (Wildman–Crippen LogP) is 12.4. The summed E-state index contributed by atoms with van der Waals surface area (Å²) in [4.78, 5) is 20.0. The summed E-state index contributed by atoms with van der Waals surface area (Å²) in [6, 6.07) is 58.3. The molecule has 0 unspecified atom stereocenters. The summed E-state index contributed by atoms with van der Waals surface area (Å²) in [7, 11) is 0. The van der Waals surface area contributed by atoms with Crippen LogP contribution in [0, 0.1) is 0 Å². The van der Waals surface area contributed by atoms with Gasteiger partial charge in [0.05, 0.1) is 0 Å². The zero-order valence-electron chi connectivity index (χ0n) is 27.8. The molecule has 0 aliphatic carbocycles. The first-order chi connectivity index (χ1) is 25.7. The van der Waals surface area contributed by atoms with Crippen molar-refractivity contribution in [3.63, 3.8) is 0 Å². The zero-order valence-corrected chi connectivity index (χ0v) is 28.6. The molecule has 7 aromatic carbocycles. The Kier molecular flexibility index (Phi) is 7.25. The van der Waals surface area contributed by atoms with Crippen LogP contribution >= 0.6 is 11.3 Å². The second-order valence-corrected chi connectivity index (χ2v) is 13.8. The van der Waals surface area contributed by atoms with Crippen molar-refractivity contribution in [3.8, 4) is 67.9 Å². The molecule has 0 aliphatic rings. The van der Waals surface area contributed by atoms with E-state index in [0.717, 1.165) is 60.8 Å². The zero-order chi connectivity index (χ0) is 34.4. The molecule has 0 bridgehead atoms. The minimum Gasteiger partial charge on any atom is -0.436 e. The Labute approximate surface area is 303 Å². The van der Waals surface area contributed by atoms with Gasteiger partial charge in [0.25, 0.3) is 0 Å².